The van der Waals surface area contributed by atoms with E-state index >= 15 is 0 Å². The van der Waals surface area contributed by atoms with Crippen LogP contribution >= 0.6 is 11.8 Å². The third kappa shape index (κ3) is 1.78. The summed E-state index contributed by atoms with van der Waals surface area (Å²) in [4.78, 5) is 0. The second-order valence-electron chi connectivity index (χ2n) is 2.57. The van der Waals surface area contributed by atoms with Gasteiger partial charge in [0, 0.05) is 11.3 Å². The van der Waals surface area contributed by atoms with E-state index in [1.165, 1.54) is 17.8 Å². The zero-order chi connectivity index (χ0) is 9.14. The van der Waals surface area contributed by atoms with Gasteiger partial charge in [0.15, 0.2) is 0 Å². The van der Waals surface area contributed by atoms with Gasteiger partial charge in [-0.1, -0.05) is 0 Å². The Hall–Kier alpha value is -0.570. The summed E-state index contributed by atoms with van der Waals surface area (Å²) in [5.41, 5.74) is 0.895. The van der Waals surface area contributed by atoms with Crippen LogP contribution in [0.5, 0.6) is 0 Å². The van der Waals surface area contributed by atoms with Crippen LogP contribution in [-0.4, -0.2) is 6.26 Å². The Kier molecular flexibility index (Phi) is 3.09. The lowest BCUT2D eigenvalue weighted by atomic mass is 10.1. The molecule has 0 unspecified atom stereocenters. The quantitative estimate of drug-likeness (QED) is 0.687. The molecular weight excluding hydrogens is 178 g/mol. The third-order valence-electron chi connectivity index (χ3n) is 1.76. The molecule has 0 nitrogen and oxygen atoms in total. The van der Waals surface area contributed by atoms with Crippen LogP contribution in [0.15, 0.2) is 12.1 Å². The standard InChI is InChI=1S/C9H10F2S/c1-6-7(5-12-2)9(11)4-3-8(6)10/h3-4H,5H2,1-2H3. The molecule has 0 aliphatic rings. The van der Waals surface area contributed by atoms with Crippen LogP contribution in [0, 0.1) is 18.6 Å². The molecule has 1 aromatic rings. The molecule has 0 radical (unpaired) electrons. The molecule has 0 heterocycles. The monoisotopic (exact) mass is 188 g/mol. The lowest BCUT2D eigenvalue weighted by Gasteiger charge is -2.05. The molecule has 1 aromatic carbocycles. The Morgan fingerprint density at radius 1 is 1.25 bits per heavy atom. The van der Waals surface area contributed by atoms with Crippen LogP contribution in [0.25, 0.3) is 0 Å². The highest BCUT2D eigenvalue weighted by Gasteiger charge is 2.08. The highest BCUT2D eigenvalue weighted by molar-refractivity contribution is 7.97. The van der Waals surface area contributed by atoms with Gasteiger partial charge in [-0.2, -0.15) is 11.8 Å². The maximum atomic E-state index is 13.0. The van der Waals surface area contributed by atoms with Crippen molar-refractivity contribution in [2.45, 2.75) is 12.7 Å². The predicted molar refractivity (Wildman–Crippen MR) is 48.3 cm³/mol. The first kappa shape index (κ1) is 9.52. The van der Waals surface area contributed by atoms with Crippen molar-refractivity contribution in [2.24, 2.45) is 0 Å². The van der Waals surface area contributed by atoms with Crippen molar-refractivity contribution in [2.75, 3.05) is 6.26 Å². The van der Waals surface area contributed by atoms with Crippen LogP contribution in [0.1, 0.15) is 11.1 Å². The van der Waals surface area contributed by atoms with E-state index in [9.17, 15) is 8.78 Å². The lowest BCUT2D eigenvalue weighted by molar-refractivity contribution is 0.583. The SMILES string of the molecule is CSCc1c(F)ccc(F)c1C. The highest BCUT2D eigenvalue weighted by Crippen LogP contribution is 2.20. The summed E-state index contributed by atoms with van der Waals surface area (Å²) < 4.78 is 25.9. The summed E-state index contributed by atoms with van der Waals surface area (Å²) >= 11 is 1.49. The summed E-state index contributed by atoms with van der Waals surface area (Å²) in [7, 11) is 0. The fraction of sp³-hybridized carbons (Fsp3) is 0.333. The van der Waals surface area contributed by atoms with Crippen molar-refractivity contribution in [1.29, 1.82) is 0 Å². The first-order valence-corrected chi connectivity index (χ1v) is 4.98. The molecule has 0 fully saturated rings. The minimum absolute atomic E-state index is 0.316. The topological polar surface area (TPSA) is 0 Å². The number of thioether (sulfide) groups is 1. The van der Waals surface area contributed by atoms with E-state index < -0.39 is 0 Å². The van der Waals surface area contributed by atoms with Gasteiger partial charge in [0.25, 0.3) is 0 Å². The van der Waals surface area contributed by atoms with Crippen LogP contribution in [0.2, 0.25) is 0 Å². The van der Waals surface area contributed by atoms with E-state index in [0.717, 1.165) is 6.07 Å². The first-order chi connectivity index (χ1) is 5.66. The molecular formula is C9H10F2S. The molecule has 0 spiro atoms. The van der Waals surface area contributed by atoms with E-state index in [1.807, 2.05) is 6.26 Å². The van der Waals surface area contributed by atoms with Crippen molar-refractivity contribution < 1.29 is 8.78 Å². The van der Waals surface area contributed by atoms with Crippen molar-refractivity contribution in [3.05, 3.63) is 34.9 Å². The Labute approximate surface area is 75.0 Å². The maximum absolute atomic E-state index is 13.0. The van der Waals surface area contributed by atoms with Crippen molar-refractivity contribution in [1.82, 2.24) is 0 Å². The lowest BCUT2D eigenvalue weighted by Crippen LogP contribution is -1.95. The average molecular weight is 188 g/mol. The van der Waals surface area contributed by atoms with Gasteiger partial charge in [-0.05, 0) is 30.9 Å². The second-order valence-corrected chi connectivity index (χ2v) is 3.43. The van der Waals surface area contributed by atoms with Gasteiger partial charge < -0.3 is 0 Å². The van der Waals surface area contributed by atoms with Gasteiger partial charge in [0.2, 0.25) is 0 Å². The van der Waals surface area contributed by atoms with Crippen LogP contribution in [-0.2, 0) is 5.75 Å². The van der Waals surface area contributed by atoms with Crippen LogP contribution < -0.4 is 0 Å². The average Bonchev–Trinajstić information content (AvgIpc) is 2.06. The molecule has 0 amide bonds. The first-order valence-electron chi connectivity index (χ1n) is 3.59. The van der Waals surface area contributed by atoms with E-state index in [0.29, 0.717) is 16.9 Å². The normalized spacial score (nSPS) is 10.3. The summed E-state index contributed by atoms with van der Waals surface area (Å²) in [5.74, 6) is -0.126. The maximum Gasteiger partial charge on any atom is 0.127 e. The fourth-order valence-corrected chi connectivity index (χ4v) is 1.66. The molecule has 0 saturated heterocycles. The molecule has 3 heteroatoms. The number of hydrogen-bond donors (Lipinski definition) is 0. The Bertz CT molecular complexity index is 284. The van der Waals surface area contributed by atoms with Gasteiger partial charge in [0.1, 0.15) is 11.6 Å². The van der Waals surface area contributed by atoms with Gasteiger partial charge >= 0.3 is 0 Å². The molecule has 0 saturated carbocycles. The van der Waals surface area contributed by atoms with Gasteiger partial charge in [-0.3, -0.25) is 0 Å². The summed E-state index contributed by atoms with van der Waals surface area (Å²) in [5, 5.41) is 0. The zero-order valence-corrected chi connectivity index (χ0v) is 7.84. The Balaban J connectivity index is 3.14. The molecule has 1 rings (SSSR count). The molecule has 0 atom stereocenters. The molecule has 0 N–H and O–H groups in total. The Morgan fingerprint density at radius 3 is 2.42 bits per heavy atom. The second kappa shape index (κ2) is 3.90. The van der Waals surface area contributed by atoms with Gasteiger partial charge in [0.05, 0.1) is 0 Å². The van der Waals surface area contributed by atoms with Gasteiger partial charge in [-0.25, -0.2) is 8.78 Å². The molecule has 0 bridgehead atoms. The summed E-state index contributed by atoms with van der Waals surface area (Å²) in [6.45, 7) is 1.60. The van der Waals surface area contributed by atoms with Gasteiger partial charge in [-0.15, -0.1) is 0 Å². The van der Waals surface area contributed by atoms with Crippen LogP contribution in [0.4, 0.5) is 8.78 Å². The minimum Gasteiger partial charge on any atom is -0.207 e. The summed E-state index contributed by atoms with van der Waals surface area (Å²) in [6.07, 6.45) is 1.86. The third-order valence-corrected chi connectivity index (χ3v) is 2.34. The van der Waals surface area contributed by atoms with E-state index in [-0.39, 0.29) is 11.6 Å². The zero-order valence-electron chi connectivity index (χ0n) is 7.03. The number of hydrogen-bond acceptors (Lipinski definition) is 1. The van der Waals surface area contributed by atoms with Crippen molar-refractivity contribution in [3.63, 3.8) is 0 Å². The number of halogens is 2. The summed E-state index contributed by atoms with van der Waals surface area (Å²) in [6, 6.07) is 2.34. The molecule has 0 aliphatic carbocycles. The minimum atomic E-state index is -0.333. The van der Waals surface area contributed by atoms with Crippen LogP contribution in [0.3, 0.4) is 0 Å². The van der Waals surface area contributed by atoms with E-state index in [4.69, 9.17) is 0 Å². The molecule has 12 heavy (non-hydrogen) atoms. The molecule has 66 valence electrons. The van der Waals surface area contributed by atoms with Crippen molar-refractivity contribution in [3.8, 4) is 0 Å². The van der Waals surface area contributed by atoms with E-state index in [2.05, 4.69) is 0 Å². The largest absolute Gasteiger partial charge is 0.207 e. The molecule has 0 aliphatic heterocycles. The number of rotatable bonds is 2. The predicted octanol–water partition coefficient (Wildman–Crippen LogP) is 3.14. The number of benzene rings is 1. The molecule has 0 aromatic heterocycles. The van der Waals surface area contributed by atoms with E-state index in [1.54, 1.807) is 6.92 Å². The smallest absolute Gasteiger partial charge is 0.127 e. The highest BCUT2D eigenvalue weighted by atomic mass is 32.2. The van der Waals surface area contributed by atoms with Crippen molar-refractivity contribution >= 4 is 11.8 Å². The Morgan fingerprint density at radius 2 is 1.83 bits per heavy atom. The fourth-order valence-electron chi connectivity index (χ4n) is 1.02.